The molecule has 0 aliphatic rings. The van der Waals surface area contributed by atoms with Crippen LogP contribution in [0, 0.1) is 0 Å². The molecular weight excluding hydrogens is 452 g/mol. The van der Waals surface area contributed by atoms with Crippen molar-refractivity contribution in [2.24, 2.45) is 0 Å². The fourth-order valence-corrected chi connectivity index (χ4v) is 4.73. The van der Waals surface area contributed by atoms with Gasteiger partial charge in [0.2, 0.25) is 5.91 Å². The van der Waals surface area contributed by atoms with Gasteiger partial charge in [0.1, 0.15) is 11.5 Å². The first kappa shape index (κ1) is 23.8. The Morgan fingerprint density at radius 1 is 1.09 bits per heavy atom. The van der Waals surface area contributed by atoms with E-state index in [1.807, 2.05) is 30.3 Å². The van der Waals surface area contributed by atoms with E-state index in [9.17, 15) is 9.59 Å². The van der Waals surface area contributed by atoms with Crippen LogP contribution in [-0.2, 0) is 11.3 Å². The maximum Gasteiger partial charge on any atom is 0.262 e. The zero-order valence-electron chi connectivity index (χ0n) is 19.3. The van der Waals surface area contributed by atoms with Gasteiger partial charge >= 0.3 is 0 Å². The number of fused-ring (bicyclic) bond motifs is 1. The molecule has 0 fully saturated rings. The second-order valence-electron chi connectivity index (χ2n) is 7.73. The van der Waals surface area contributed by atoms with E-state index >= 15 is 0 Å². The molecule has 0 saturated carbocycles. The first-order chi connectivity index (χ1) is 16.6. The van der Waals surface area contributed by atoms with Crippen molar-refractivity contribution in [3.8, 4) is 0 Å². The second kappa shape index (κ2) is 11.2. The molecule has 0 aliphatic heterocycles. The van der Waals surface area contributed by atoms with Gasteiger partial charge in [-0.15, -0.1) is 0 Å². The zero-order chi connectivity index (χ0) is 23.9. The molecule has 1 unspecified atom stereocenters. The van der Waals surface area contributed by atoms with Crippen LogP contribution < -0.4 is 10.9 Å². The first-order valence-corrected chi connectivity index (χ1v) is 12.3. The fourth-order valence-electron chi connectivity index (χ4n) is 3.90. The molecule has 0 spiro atoms. The Balaban J connectivity index is 1.49. The minimum absolute atomic E-state index is 0.0464. The molecule has 9 heteroatoms. The van der Waals surface area contributed by atoms with Crippen molar-refractivity contribution >= 4 is 28.6 Å². The standard InChI is InChI=1S/C25H28N4O4S/c1-3-28(4-2)21(22-12-8-14-33-22)15-26-23(30)17-34-25-27-20-11-6-5-10-19(20)24(31)29(25)16-18-9-7-13-32-18/h5-14,21H,3-4,15-17H2,1-2H3,(H,26,30). The lowest BCUT2D eigenvalue weighted by molar-refractivity contribution is -0.118. The average Bonchev–Trinajstić information content (AvgIpc) is 3.57. The quantitative estimate of drug-likeness (QED) is 0.257. The van der Waals surface area contributed by atoms with E-state index in [1.54, 1.807) is 35.3 Å². The van der Waals surface area contributed by atoms with Crippen LogP contribution in [0.25, 0.3) is 10.9 Å². The van der Waals surface area contributed by atoms with E-state index < -0.39 is 0 Å². The maximum atomic E-state index is 13.2. The van der Waals surface area contributed by atoms with Crippen molar-refractivity contribution in [3.05, 3.63) is 82.9 Å². The van der Waals surface area contributed by atoms with Gasteiger partial charge < -0.3 is 14.2 Å². The van der Waals surface area contributed by atoms with Crippen molar-refractivity contribution in [1.82, 2.24) is 19.8 Å². The number of benzene rings is 1. The van der Waals surface area contributed by atoms with Crippen LogP contribution in [0.2, 0.25) is 0 Å². The van der Waals surface area contributed by atoms with Gasteiger partial charge in [0.25, 0.3) is 5.56 Å². The lowest BCUT2D eigenvalue weighted by atomic mass is 10.2. The van der Waals surface area contributed by atoms with Gasteiger partial charge in [-0.1, -0.05) is 37.7 Å². The smallest absolute Gasteiger partial charge is 0.262 e. The van der Waals surface area contributed by atoms with Crippen LogP contribution in [0.4, 0.5) is 0 Å². The summed E-state index contributed by atoms with van der Waals surface area (Å²) in [4.78, 5) is 32.8. The Kier molecular flexibility index (Phi) is 7.87. The van der Waals surface area contributed by atoms with Crippen LogP contribution in [0.15, 0.2) is 79.8 Å². The predicted molar refractivity (Wildman–Crippen MR) is 132 cm³/mol. The number of nitrogens with one attached hydrogen (secondary N) is 1. The number of furan rings is 2. The molecule has 1 atom stereocenters. The molecule has 3 aromatic heterocycles. The van der Waals surface area contributed by atoms with E-state index in [2.05, 4.69) is 29.0 Å². The number of nitrogens with zero attached hydrogens (tertiary/aromatic N) is 3. The van der Waals surface area contributed by atoms with Gasteiger partial charge in [0, 0.05) is 6.54 Å². The summed E-state index contributed by atoms with van der Waals surface area (Å²) < 4.78 is 12.6. The highest BCUT2D eigenvalue weighted by molar-refractivity contribution is 7.99. The molecule has 0 aliphatic carbocycles. The van der Waals surface area contributed by atoms with Crippen LogP contribution in [0.1, 0.15) is 31.4 Å². The highest BCUT2D eigenvalue weighted by atomic mass is 32.2. The summed E-state index contributed by atoms with van der Waals surface area (Å²) in [6, 6.07) is 14.5. The third-order valence-corrected chi connectivity index (χ3v) is 6.65. The van der Waals surface area contributed by atoms with Gasteiger partial charge in [-0.3, -0.25) is 19.1 Å². The molecule has 34 heavy (non-hydrogen) atoms. The average molecular weight is 481 g/mol. The van der Waals surface area contributed by atoms with Crippen LogP contribution in [0.3, 0.4) is 0 Å². The molecule has 0 saturated heterocycles. The maximum absolute atomic E-state index is 13.2. The molecular formula is C25H28N4O4S. The third kappa shape index (κ3) is 5.43. The number of hydrogen-bond donors (Lipinski definition) is 1. The number of carbonyl (C=O) groups is 1. The molecule has 4 aromatic rings. The lowest BCUT2D eigenvalue weighted by Crippen LogP contribution is -2.38. The van der Waals surface area contributed by atoms with Crippen molar-refractivity contribution < 1.29 is 13.6 Å². The number of likely N-dealkylation sites (N-methyl/N-ethyl adjacent to an activating group) is 1. The van der Waals surface area contributed by atoms with Gasteiger partial charge in [0.05, 0.1) is 41.8 Å². The number of thioether (sulfide) groups is 1. The Labute approximate surface area is 202 Å². The summed E-state index contributed by atoms with van der Waals surface area (Å²) >= 11 is 1.24. The number of para-hydroxylation sites is 1. The summed E-state index contributed by atoms with van der Waals surface area (Å²) in [6.45, 7) is 6.52. The van der Waals surface area contributed by atoms with Crippen LogP contribution in [0.5, 0.6) is 0 Å². The van der Waals surface area contributed by atoms with Gasteiger partial charge in [0.15, 0.2) is 5.16 Å². The van der Waals surface area contributed by atoms with E-state index in [0.717, 1.165) is 18.8 Å². The summed E-state index contributed by atoms with van der Waals surface area (Å²) in [5.41, 5.74) is 0.440. The molecule has 0 radical (unpaired) electrons. The first-order valence-electron chi connectivity index (χ1n) is 11.3. The Bertz CT molecular complexity index is 1260. The molecule has 1 aromatic carbocycles. The normalized spacial score (nSPS) is 12.3. The predicted octanol–water partition coefficient (Wildman–Crippen LogP) is 3.92. The number of aromatic nitrogens is 2. The number of rotatable bonds is 11. The zero-order valence-corrected chi connectivity index (χ0v) is 20.1. The third-order valence-electron chi connectivity index (χ3n) is 5.67. The SMILES string of the molecule is CCN(CC)C(CNC(=O)CSc1nc2ccccc2c(=O)n1Cc1ccco1)c1ccco1. The van der Waals surface area contributed by atoms with Crippen molar-refractivity contribution in [2.75, 3.05) is 25.4 Å². The lowest BCUT2D eigenvalue weighted by Gasteiger charge is -2.28. The molecule has 4 rings (SSSR count). The Hall–Kier alpha value is -3.30. The minimum Gasteiger partial charge on any atom is -0.468 e. The highest BCUT2D eigenvalue weighted by Crippen LogP contribution is 2.21. The molecule has 3 heterocycles. The molecule has 8 nitrogen and oxygen atoms in total. The van der Waals surface area contributed by atoms with E-state index in [4.69, 9.17) is 8.83 Å². The summed E-state index contributed by atoms with van der Waals surface area (Å²) in [7, 11) is 0. The highest BCUT2D eigenvalue weighted by Gasteiger charge is 2.21. The number of hydrogen-bond acceptors (Lipinski definition) is 7. The van der Waals surface area contributed by atoms with E-state index in [0.29, 0.717) is 28.4 Å². The van der Waals surface area contributed by atoms with E-state index in [-0.39, 0.29) is 29.8 Å². The monoisotopic (exact) mass is 480 g/mol. The summed E-state index contributed by atoms with van der Waals surface area (Å²) in [6.07, 6.45) is 3.22. The molecule has 0 bridgehead atoms. The van der Waals surface area contributed by atoms with Crippen molar-refractivity contribution in [1.29, 1.82) is 0 Å². The van der Waals surface area contributed by atoms with Crippen LogP contribution in [-0.4, -0.2) is 45.7 Å². The molecule has 1 N–H and O–H groups in total. The second-order valence-corrected chi connectivity index (χ2v) is 8.67. The van der Waals surface area contributed by atoms with Crippen LogP contribution >= 0.6 is 11.8 Å². The molecule has 1 amide bonds. The van der Waals surface area contributed by atoms with Gasteiger partial charge in [-0.05, 0) is 49.5 Å². The Morgan fingerprint density at radius 2 is 1.85 bits per heavy atom. The minimum atomic E-state index is -0.163. The fraction of sp³-hybridized carbons (Fsp3) is 0.320. The Morgan fingerprint density at radius 3 is 2.56 bits per heavy atom. The van der Waals surface area contributed by atoms with Gasteiger partial charge in [-0.25, -0.2) is 4.98 Å². The largest absolute Gasteiger partial charge is 0.468 e. The number of amides is 1. The van der Waals surface area contributed by atoms with Crippen molar-refractivity contribution in [3.63, 3.8) is 0 Å². The summed E-state index contributed by atoms with van der Waals surface area (Å²) in [5.74, 6) is 1.46. The van der Waals surface area contributed by atoms with Crippen molar-refractivity contribution in [2.45, 2.75) is 31.6 Å². The van der Waals surface area contributed by atoms with E-state index in [1.165, 1.54) is 11.8 Å². The number of carbonyl (C=O) groups excluding carboxylic acids is 1. The molecule has 178 valence electrons. The summed E-state index contributed by atoms with van der Waals surface area (Å²) in [5, 5.41) is 4.02. The topological polar surface area (TPSA) is 93.5 Å². The van der Waals surface area contributed by atoms with Gasteiger partial charge in [-0.2, -0.15) is 0 Å².